The van der Waals surface area contributed by atoms with Gasteiger partial charge in [-0.3, -0.25) is 9.36 Å². The van der Waals surface area contributed by atoms with Crippen LogP contribution in [0, 0.1) is 11.3 Å². The average molecular weight is 496 g/mol. The molecule has 0 saturated carbocycles. The summed E-state index contributed by atoms with van der Waals surface area (Å²) in [6.07, 6.45) is -1.31. The Labute approximate surface area is 204 Å². The van der Waals surface area contributed by atoms with Gasteiger partial charge in [0.25, 0.3) is 5.91 Å². The zero-order valence-corrected chi connectivity index (χ0v) is 19.4. The molecule has 5 rings (SSSR count). The van der Waals surface area contributed by atoms with Crippen LogP contribution in [-0.2, 0) is 12.6 Å². The SMILES string of the molecule is CCCCc1ccc(C(=O)N2C[C@@H]3C[C@H]2c2c(O)n(-c4ccc(C#N)c(C(F)(F)F)c4)c(=O)n23)cc1. The van der Waals surface area contributed by atoms with Crippen molar-refractivity contribution in [2.45, 2.75) is 50.9 Å². The molecule has 1 N–H and O–H groups in total. The van der Waals surface area contributed by atoms with Crippen LogP contribution in [0.2, 0.25) is 0 Å². The number of carbonyl (C=O) groups is 1. The molecule has 2 bridgehead atoms. The maximum Gasteiger partial charge on any atom is 0.417 e. The van der Waals surface area contributed by atoms with E-state index in [9.17, 15) is 27.9 Å². The van der Waals surface area contributed by atoms with E-state index in [1.807, 2.05) is 12.1 Å². The monoisotopic (exact) mass is 496 g/mol. The molecular formula is C26H23F3N4O3. The number of imidazole rings is 1. The minimum absolute atomic E-state index is 0.203. The molecule has 3 heterocycles. The van der Waals surface area contributed by atoms with E-state index >= 15 is 0 Å². The molecule has 0 unspecified atom stereocenters. The Hall–Kier alpha value is -4.00. The highest BCUT2D eigenvalue weighted by Gasteiger charge is 2.49. The molecule has 1 aromatic heterocycles. The number of carbonyl (C=O) groups excluding carboxylic acids is 1. The van der Waals surface area contributed by atoms with Crippen molar-refractivity contribution in [3.05, 3.63) is 80.9 Å². The average Bonchev–Trinajstić information content (AvgIpc) is 3.53. The summed E-state index contributed by atoms with van der Waals surface area (Å²) in [5, 5.41) is 20.0. The Morgan fingerprint density at radius 1 is 1.19 bits per heavy atom. The zero-order chi connectivity index (χ0) is 25.8. The molecule has 36 heavy (non-hydrogen) atoms. The molecule has 0 aliphatic carbocycles. The van der Waals surface area contributed by atoms with Crippen LogP contribution in [0.15, 0.2) is 47.3 Å². The Kier molecular flexibility index (Phi) is 5.66. The number of alkyl halides is 3. The first-order chi connectivity index (χ1) is 17.2. The van der Waals surface area contributed by atoms with E-state index in [0.717, 1.165) is 35.5 Å². The predicted molar refractivity (Wildman–Crippen MR) is 124 cm³/mol. The fourth-order valence-corrected chi connectivity index (χ4v) is 5.27. The third-order valence-corrected chi connectivity index (χ3v) is 7.03. The van der Waals surface area contributed by atoms with Gasteiger partial charge in [0.1, 0.15) is 5.69 Å². The number of fused-ring (bicyclic) bond motifs is 5. The van der Waals surface area contributed by atoms with Crippen molar-refractivity contribution >= 4 is 5.91 Å². The molecule has 0 spiro atoms. The van der Waals surface area contributed by atoms with Gasteiger partial charge in [-0.15, -0.1) is 0 Å². The van der Waals surface area contributed by atoms with E-state index < -0.39 is 41.0 Å². The number of halogens is 3. The van der Waals surface area contributed by atoms with Gasteiger partial charge in [0.05, 0.1) is 35.0 Å². The summed E-state index contributed by atoms with van der Waals surface area (Å²) in [6.45, 7) is 2.37. The van der Waals surface area contributed by atoms with E-state index in [0.29, 0.717) is 18.1 Å². The fraction of sp³-hybridized carbons (Fsp3) is 0.346. The summed E-state index contributed by atoms with van der Waals surface area (Å²) in [6, 6.07) is 10.8. The van der Waals surface area contributed by atoms with Gasteiger partial charge in [0.15, 0.2) is 0 Å². The molecule has 3 aromatic rings. The molecule has 7 nitrogen and oxygen atoms in total. The number of aromatic nitrogens is 2. The largest absolute Gasteiger partial charge is 0.493 e. The van der Waals surface area contributed by atoms with E-state index in [1.54, 1.807) is 17.0 Å². The quantitative estimate of drug-likeness (QED) is 0.554. The number of amides is 1. The minimum Gasteiger partial charge on any atom is -0.493 e. The van der Waals surface area contributed by atoms with Crippen molar-refractivity contribution in [2.24, 2.45) is 0 Å². The molecule has 2 aliphatic rings. The number of hydrogen-bond donors (Lipinski definition) is 1. The van der Waals surface area contributed by atoms with Crippen LogP contribution in [-0.4, -0.2) is 31.6 Å². The van der Waals surface area contributed by atoms with Crippen molar-refractivity contribution in [2.75, 3.05) is 6.54 Å². The minimum atomic E-state index is -4.81. The summed E-state index contributed by atoms with van der Waals surface area (Å²) >= 11 is 0. The first kappa shape index (κ1) is 23.7. The maximum atomic E-state index is 13.5. The van der Waals surface area contributed by atoms with Gasteiger partial charge in [0.2, 0.25) is 5.88 Å². The molecule has 2 aromatic carbocycles. The molecule has 1 fully saturated rings. The number of hydrogen-bond acceptors (Lipinski definition) is 4. The van der Waals surface area contributed by atoms with E-state index in [1.165, 1.54) is 16.7 Å². The van der Waals surface area contributed by atoms with Crippen molar-refractivity contribution in [3.8, 4) is 17.6 Å². The molecular weight excluding hydrogens is 473 g/mol. The molecule has 2 aliphatic heterocycles. The lowest BCUT2D eigenvalue weighted by atomic mass is 10.1. The number of likely N-dealkylation sites (tertiary alicyclic amines) is 1. The van der Waals surface area contributed by atoms with Crippen molar-refractivity contribution < 1.29 is 23.1 Å². The zero-order valence-electron chi connectivity index (χ0n) is 19.4. The topological polar surface area (TPSA) is 91.3 Å². The number of nitrogens with zero attached hydrogens (tertiary/aromatic N) is 4. The molecule has 0 radical (unpaired) electrons. The van der Waals surface area contributed by atoms with Crippen LogP contribution in [0.25, 0.3) is 5.69 Å². The van der Waals surface area contributed by atoms with Gasteiger partial charge < -0.3 is 10.0 Å². The number of aryl methyl sites for hydroxylation is 1. The second-order valence-corrected chi connectivity index (χ2v) is 9.20. The van der Waals surface area contributed by atoms with Crippen LogP contribution in [0.1, 0.15) is 71.0 Å². The van der Waals surface area contributed by atoms with Gasteiger partial charge in [0, 0.05) is 12.1 Å². The first-order valence-electron chi connectivity index (χ1n) is 11.7. The summed E-state index contributed by atoms with van der Waals surface area (Å²) in [7, 11) is 0. The number of unbranched alkanes of at least 4 members (excludes halogenated alkanes) is 1. The lowest BCUT2D eigenvalue weighted by molar-refractivity contribution is -0.137. The summed E-state index contributed by atoms with van der Waals surface area (Å²) in [5.41, 5.74) is -0.809. The molecule has 186 valence electrons. The highest BCUT2D eigenvalue weighted by molar-refractivity contribution is 5.95. The number of rotatable bonds is 5. The third-order valence-electron chi connectivity index (χ3n) is 7.03. The Morgan fingerprint density at radius 3 is 2.56 bits per heavy atom. The van der Waals surface area contributed by atoms with E-state index in [4.69, 9.17) is 5.26 Å². The Morgan fingerprint density at radius 2 is 1.92 bits per heavy atom. The van der Waals surface area contributed by atoms with Crippen LogP contribution < -0.4 is 5.69 Å². The van der Waals surface area contributed by atoms with Gasteiger partial charge in [-0.25, -0.2) is 9.36 Å². The lowest BCUT2D eigenvalue weighted by Gasteiger charge is -2.27. The summed E-state index contributed by atoms with van der Waals surface area (Å²) in [5.74, 6) is -0.731. The molecule has 1 amide bonds. The second kappa shape index (κ2) is 8.59. The first-order valence-corrected chi connectivity index (χ1v) is 11.7. The maximum absolute atomic E-state index is 13.5. The highest BCUT2D eigenvalue weighted by atomic mass is 19.4. The van der Waals surface area contributed by atoms with Gasteiger partial charge in [-0.2, -0.15) is 18.4 Å². The predicted octanol–water partition coefficient (Wildman–Crippen LogP) is 4.72. The number of benzene rings is 2. The molecule has 1 saturated heterocycles. The Bertz CT molecular complexity index is 1450. The van der Waals surface area contributed by atoms with E-state index in [2.05, 4.69) is 6.92 Å². The standard InChI is InChI=1S/C26H23F3N4O3/c1-2-3-4-15-5-7-16(8-6-15)23(34)31-14-19-12-21(31)22-24(35)33(25(36)32(19)22)18-10-9-17(13-30)20(11-18)26(27,28)29/h5-11,19,21,35H,2-4,12,14H2,1H3/t19-,21-/m0/s1. The van der Waals surface area contributed by atoms with Crippen LogP contribution in [0.3, 0.4) is 0 Å². The smallest absolute Gasteiger partial charge is 0.417 e. The second-order valence-electron chi connectivity index (χ2n) is 9.20. The Balaban J connectivity index is 1.49. The van der Waals surface area contributed by atoms with E-state index in [-0.39, 0.29) is 23.8 Å². The van der Waals surface area contributed by atoms with Crippen LogP contribution in [0.5, 0.6) is 5.88 Å². The number of nitriles is 1. The molecule has 2 atom stereocenters. The summed E-state index contributed by atoms with van der Waals surface area (Å²) < 4.78 is 42.6. The van der Waals surface area contributed by atoms with Gasteiger partial charge in [-0.1, -0.05) is 25.5 Å². The van der Waals surface area contributed by atoms with Crippen LogP contribution >= 0.6 is 0 Å². The van der Waals surface area contributed by atoms with Crippen LogP contribution in [0.4, 0.5) is 13.2 Å². The van der Waals surface area contributed by atoms with Crippen molar-refractivity contribution in [1.82, 2.24) is 14.0 Å². The highest BCUT2D eigenvalue weighted by Crippen LogP contribution is 2.49. The molecule has 10 heteroatoms. The lowest BCUT2D eigenvalue weighted by Crippen LogP contribution is -2.37. The van der Waals surface area contributed by atoms with Gasteiger partial charge >= 0.3 is 11.9 Å². The normalized spacial score (nSPS) is 18.4. The third kappa shape index (κ3) is 3.66. The van der Waals surface area contributed by atoms with Gasteiger partial charge in [-0.05, 0) is 55.2 Å². The van der Waals surface area contributed by atoms with Crippen molar-refractivity contribution in [3.63, 3.8) is 0 Å². The number of aromatic hydroxyl groups is 1. The van der Waals surface area contributed by atoms with Crippen molar-refractivity contribution in [1.29, 1.82) is 5.26 Å². The fourth-order valence-electron chi connectivity index (χ4n) is 5.27. The summed E-state index contributed by atoms with van der Waals surface area (Å²) in [4.78, 5) is 28.0.